The Hall–Kier alpha value is -3.35. The van der Waals surface area contributed by atoms with Crippen LogP contribution in [0.4, 0.5) is 0 Å². The molecule has 7 heteroatoms. The van der Waals surface area contributed by atoms with E-state index < -0.39 is 12.1 Å². The molecule has 0 spiro atoms. The van der Waals surface area contributed by atoms with Gasteiger partial charge < -0.3 is 28.8 Å². The van der Waals surface area contributed by atoms with Gasteiger partial charge in [-0.3, -0.25) is 0 Å². The molecule has 0 saturated heterocycles. The molecule has 0 bridgehead atoms. The second-order valence-corrected chi connectivity index (χ2v) is 6.69. The topological polar surface area (TPSA) is 83.5 Å². The summed E-state index contributed by atoms with van der Waals surface area (Å²) in [4.78, 5) is 12.1. The van der Waals surface area contributed by atoms with Crippen molar-refractivity contribution in [2.45, 2.75) is 26.1 Å². The number of fused-ring (bicyclic) bond motifs is 2. The van der Waals surface area contributed by atoms with Crippen LogP contribution in [-0.2, 0) is 9.53 Å². The van der Waals surface area contributed by atoms with E-state index in [1.165, 1.54) is 7.11 Å². The Bertz CT molecular complexity index is 961. The van der Waals surface area contributed by atoms with Crippen LogP contribution in [0.1, 0.15) is 31.1 Å². The summed E-state index contributed by atoms with van der Waals surface area (Å²) >= 11 is 0. The molecule has 0 radical (unpaired) electrons. The number of methoxy groups -OCH3 is 1. The van der Waals surface area contributed by atoms with Gasteiger partial charge in [0.1, 0.15) is 22.8 Å². The molecule has 1 N–H and O–H groups in total. The van der Waals surface area contributed by atoms with Crippen molar-refractivity contribution in [3.63, 3.8) is 0 Å². The highest BCUT2D eigenvalue weighted by Crippen LogP contribution is 2.45. The molecule has 0 saturated carbocycles. The van der Waals surface area contributed by atoms with Gasteiger partial charge >= 0.3 is 5.97 Å². The zero-order valence-corrected chi connectivity index (χ0v) is 15.7. The minimum absolute atomic E-state index is 0.00978. The molecule has 0 aromatic heterocycles. The van der Waals surface area contributed by atoms with Gasteiger partial charge in [-0.1, -0.05) is 6.07 Å². The first-order valence-corrected chi connectivity index (χ1v) is 8.86. The third-order valence-corrected chi connectivity index (χ3v) is 4.45. The molecule has 0 amide bonds. The highest BCUT2D eigenvalue weighted by molar-refractivity contribution is 5.98. The fourth-order valence-corrected chi connectivity index (χ4v) is 3.32. The number of carboxylic acid groups (broad SMARTS) is 1. The summed E-state index contributed by atoms with van der Waals surface area (Å²) in [6.07, 6.45) is -0.871. The minimum Gasteiger partial charge on any atom is -0.495 e. The van der Waals surface area contributed by atoms with Gasteiger partial charge in [-0.05, 0) is 44.2 Å². The number of benzene rings is 2. The number of carbonyl (C=O) groups is 1. The maximum atomic E-state index is 12.1. The van der Waals surface area contributed by atoms with Gasteiger partial charge in [0.05, 0.1) is 18.8 Å². The third kappa shape index (κ3) is 3.09. The molecule has 1 atom stereocenters. The summed E-state index contributed by atoms with van der Waals surface area (Å²) in [5, 5.41) is 9.90. The Morgan fingerprint density at radius 3 is 2.57 bits per heavy atom. The molecule has 2 aliphatic heterocycles. The Morgan fingerprint density at radius 1 is 1.11 bits per heavy atom. The molecule has 0 unspecified atom stereocenters. The van der Waals surface area contributed by atoms with Gasteiger partial charge in [0.2, 0.25) is 6.79 Å². The van der Waals surface area contributed by atoms with E-state index in [1.54, 1.807) is 36.4 Å². The van der Waals surface area contributed by atoms with Crippen LogP contribution < -0.4 is 18.9 Å². The average molecular weight is 384 g/mol. The second-order valence-electron chi connectivity index (χ2n) is 6.69. The quantitative estimate of drug-likeness (QED) is 0.840. The van der Waals surface area contributed by atoms with Crippen molar-refractivity contribution in [3.8, 4) is 23.0 Å². The first-order valence-electron chi connectivity index (χ1n) is 8.86. The van der Waals surface area contributed by atoms with Crippen LogP contribution >= 0.6 is 0 Å². The van der Waals surface area contributed by atoms with Crippen molar-refractivity contribution in [3.05, 3.63) is 53.1 Å². The first-order chi connectivity index (χ1) is 13.5. The van der Waals surface area contributed by atoms with Crippen molar-refractivity contribution in [2.24, 2.45) is 0 Å². The first kappa shape index (κ1) is 18.0. The van der Waals surface area contributed by atoms with E-state index in [-0.39, 0.29) is 24.2 Å². The van der Waals surface area contributed by atoms with Crippen LogP contribution in [0.25, 0.3) is 5.76 Å². The molecule has 7 nitrogen and oxygen atoms in total. The summed E-state index contributed by atoms with van der Waals surface area (Å²) in [7, 11) is 1.44. The van der Waals surface area contributed by atoms with Gasteiger partial charge in [0.25, 0.3) is 0 Å². The summed E-state index contributed by atoms with van der Waals surface area (Å²) < 4.78 is 28.0. The lowest BCUT2D eigenvalue weighted by molar-refractivity contribution is -0.133. The fourth-order valence-electron chi connectivity index (χ4n) is 3.32. The van der Waals surface area contributed by atoms with Crippen LogP contribution in [0.5, 0.6) is 23.0 Å². The van der Waals surface area contributed by atoms with E-state index in [1.807, 2.05) is 13.8 Å². The number of hydrogen-bond acceptors (Lipinski definition) is 6. The number of hydrogen-bond donors (Lipinski definition) is 1. The number of carboxylic acids is 1. The van der Waals surface area contributed by atoms with E-state index in [4.69, 9.17) is 23.7 Å². The summed E-state index contributed by atoms with van der Waals surface area (Å²) in [5.74, 6) is 1.41. The minimum atomic E-state index is -1.12. The van der Waals surface area contributed by atoms with E-state index in [0.29, 0.717) is 34.1 Å². The van der Waals surface area contributed by atoms with Gasteiger partial charge in [0, 0.05) is 5.56 Å². The predicted octanol–water partition coefficient (Wildman–Crippen LogP) is 3.78. The molecule has 146 valence electrons. The van der Waals surface area contributed by atoms with E-state index in [0.717, 1.165) is 0 Å². The van der Waals surface area contributed by atoms with Gasteiger partial charge in [-0.2, -0.15) is 0 Å². The lowest BCUT2D eigenvalue weighted by Crippen LogP contribution is -2.23. The molecule has 0 aliphatic carbocycles. The molecule has 0 fully saturated rings. The highest BCUT2D eigenvalue weighted by Gasteiger charge is 2.36. The maximum Gasteiger partial charge on any atom is 0.339 e. The molecular weight excluding hydrogens is 364 g/mol. The van der Waals surface area contributed by atoms with Crippen LogP contribution in [0.3, 0.4) is 0 Å². The van der Waals surface area contributed by atoms with Crippen LogP contribution in [-0.4, -0.2) is 31.1 Å². The second kappa shape index (κ2) is 6.99. The predicted molar refractivity (Wildman–Crippen MR) is 99.7 cm³/mol. The molecule has 28 heavy (non-hydrogen) atoms. The largest absolute Gasteiger partial charge is 0.495 e. The van der Waals surface area contributed by atoms with Crippen LogP contribution in [0.15, 0.2) is 42.0 Å². The Labute approximate surface area is 162 Å². The lowest BCUT2D eigenvalue weighted by Gasteiger charge is -2.29. The molecule has 4 rings (SSSR count). The maximum absolute atomic E-state index is 12.1. The van der Waals surface area contributed by atoms with Gasteiger partial charge in [-0.25, -0.2) is 4.79 Å². The third-order valence-electron chi connectivity index (χ3n) is 4.45. The molecule has 2 heterocycles. The highest BCUT2D eigenvalue weighted by atomic mass is 16.7. The number of ether oxygens (including phenoxy) is 5. The van der Waals surface area contributed by atoms with Gasteiger partial charge in [-0.15, -0.1) is 0 Å². The molecule has 2 aromatic carbocycles. The number of rotatable bonds is 5. The molecule has 2 aromatic rings. The van der Waals surface area contributed by atoms with Crippen LogP contribution in [0.2, 0.25) is 0 Å². The Morgan fingerprint density at radius 2 is 1.86 bits per heavy atom. The van der Waals surface area contributed by atoms with Crippen LogP contribution in [0, 0.1) is 0 Å². The fraction of sp³-hybridized carbons (Fsp3) is 0.286. The van der Waals surface area contributed by atoms with Crippen molar-refractivity contribution in [1.29, 1.82) is 0 Å². The van der Waals surface area contributed by atoms with Crippen molar-refractivity contribution in [2.75, 3.05) is 13.9 Å². The SMILES string of the molecule is COC1=C(C(=O)O)[C@H](c2ccc3c(c2)OCO3)Oc2ccc(OC(C)C)cc21. The summed E-state index contributed by atoms with van der Waals surface area (Å²) in [6, 6.07) is 10.5. The molecule has 2 aliphatic rings. The monoisotopic (exact) mass is 384 g/mol. The Kier molecular flexibility index (Phi) is 4.50. The average Bonchev–Trinajstić information content (AvgIpc) is 3.13. The smallest absolute Gasteiger partial charge is 0.339 e. The van der Waals surface area contributed by atoms with E-state index >= 15 is 0 Å². The standard InChI is InChI=1S/C21H20O7/c1-11(2)27-13-5-7-15-14(9-13)20(24-3)18(21(22)23)19(28-15)12-4-6-16-17(8-12)26-10-25-16/h4-9,11,19H,10H2,1-3H3,(H,22,23)/t19-/m0/s1. The zero-order chi connectivity index (χ0) is 19.8. The van der Waals surface area contributed by atoms with E-state index in [2.05, 4.69) is 0 Å². The van der Waals surface area contributed by atoms with Crippen molar-refractivity contribution >= 4 is 11.7 Å². The summed E-state index contributed by atoms with van der Waals surface area (Å²) in [5.41, 5.74) is 1.18. The zero-order valence-electron chi connectivity index (χ0n) is 15.7. The van der Waals surface area contributed by atoms with Crippen molar-refractivity contribution < 1.29 is 33.6 Å². The normalized spacial score (nSPS) is 17.2. The number of aliphatic carboxylic acids is 1. The Balaban J connectivity index is 1.82. The lowest BCUT2D eigenvalue weighted by atomic mass is 9.94. The summed E-state index contributed by atoms with van der Waals surface area (Å²) in [6.45, 7) is 3.97. The van der Waals surface area contributed by atoms with Crippen molar-refractivity contribution in [1.82, 2.24) is 0 Å². The van der Waals surface area contributed by atoms with E-state index in [9.17, 15) is 9.90 Å². The molecular formula is C21H20O7. The van der Waals surface area contributed by atoms with Gasteiger partial charge in [0.15, 0.2) is 17.6 Å².